The number of nitrogens with two attached hydrogens (primary N) is 1. The van der Waals surface area contributed by atoms with Gasteiger partial charge in [-0.1, -0.05) is 35.3 Å². The van der Waals surface area contributed by atoms with Gasteiger partial charge in [0, 0.05) is 22.2 Å². The highest BCUT2D eigenvalue weighted by Crippen LogP contribution is 2.25. The van der Waals surface area contributed by atoms with E-state index in [2.05, 4.69) is 25.6 Å². The number of pyridine rings is 1. The first kappa shape index (κ1) is 26.1. The summed E-state index contributed by atoms with van der Waals surface area (Å²) in [7, 11) is 1.40. The molecule has 0 aliphatic rings. The third-order valence-corrected chi connectivity index (χ3v) is 6.05. The lowest BCUT2D eigenvalue weighted by molar-refractivity contribution is 0.0934. The average molecular weight is 541 g/mol. The van der Waals surface area contributed by atoms with Crippen LogP contribution in [0.25, 0.3) is 11.0 Å². The molecule has 4 rings (SSSR count). The van der Waals surface area contributed by atoms with Crippen LogP contribution < -0.4 is 26.7 Å². The highest BCUT2D eigenvalue weighted by molar-refractivity contribution is 6.34. The van der Waals surface area contributed by atoms with Gasteiger partial charge in [-0.2, -0.15) is 4.98 Å². The highest BCUT2D eigenvalue weighted by Gasteiger charge is 2.19. The Balaban J connectivity index is 1.56. The first-order valence-corrected chi connectivity index (χ1v) is 11.9. The third-order valence-electron chi connectivity index (χ3n) is 5.49. The summed E-state index contributed by atoms with van der Waals surface area (Å²) in [6.45, 7) is 0.345. The summed E-state index contributed by atoms with van der Waals surface area (Å²) in [6, 6.07) is 12.6. The molecule has 4 aromatic rings. The summed E-state index contributed by atoms with van der Waals surface area (Å²) in [6.07, 6.45) is 1.91. The van der Waals surface area contributed by atoms with Crippen LogP contribution in [0.4, 0.5) is 5.69 Å². The number of fused-ring (bicyclic) bond motifs is 1. The molecule has 2 aromatic heterocycles. The van der Waals surface area contributed by atoms with Gasteiger partial charge in [0.15, 0.2) is 0 Å². The van der Waals surface area contributed by atoms with Gasteiger partial charge in [0.05, 0.1) is 23.9 Å². The van der Waals surface area contributed by atoms with Crippen LogP contribution in [0.1, 0.15) is 38.7 Å². The predicted molar refractivity (Wildman–Crippen MR) is 141 cm³/mol. The van der Waals surface area contributed by atoms with Crippen LogP contribution in [0.15, 0.2) is 59.5 Å². The molecule has 0 aliphatic heterocycles. The van der Waals surface area contributed by atoms with Crippen molar-refractivity contribution in [1.82, 2.24) is 20.3 Å². The minimum absolute atomic E-state index is 0.0753. The summed E-state index contributed by atoms with van der Waals surface area (Å²) in [5.74, 6) is -1.13. The van der Waals surface area contributed by atoms with E-state index >= 15 is 0 Å². The molecule has 2 aromatic carbocycles. The van der Waals surface area contributed by atoms with Crippen LogP contribution in [0.5, 0.6) is 6.01 Å². The number of aromatic amines is 1. The molecule has 0 aliphatic carbocycles. The molecule has 12 heteroatoms. The van der Waals surface area contributed by atoms with Gasteiger partial charge in [0.2, 0.25) is 0 Å². The van der Waals surface area contributed by atoms with Crippen molar-refractivity contribution in [1.29, 1.82) is 0 Å². The molecule has 0 bridgehead atoms. The number of methoxy groups -OCH3 is 1. The van der Waals surface area contributed by atoms with E-state index in [1.165, 1.54) is 37.6 Å². The molecule has 10 nitrogen and oxygen atoms in total. The molecule has 2 heterocycles. The summed E-state index contributed by atoms with van der Waals surface area (Å²) in [5.41, 5.74) is 6.33. The number of carbonyl (C=O) groups is 2. The number of benzene rings is 2. The number of hydrogen-bond acceptors (Lipinski definition) is 7. The van der Waals surface area contributed by atoms with E-state index in [-0.39, 0.29) is 39.5 Å². The topological polar surface area (TPSA) is 152 Å². The van der Waals surface area contributed by atoms with Crippen LogP contribution in [-0.4, -0.2) is 40.4 Å². The zero-order valence-corrected chi connectivity index (χ0v) is 21.1. The Morgan fingerprint density at radius 3 is 2.68 bits per heavy atom. The smallest absolute Gasteiger partial charge is 0.318 e. The van der Waals surface area contributed by atoms with Crippen molar-refractivity contribution in [3.05, 3.63) is 91.8 Å². The standard InChI is InChI=1S/C25H22Cl2N6O4/c1-37-25-29-12-15-10-17(24(36)32-21(15)33-25)23(35)31-20-11-14(5-6-18(20)27)22(34)30-19(7-8-28)13-3-2-4-16(26)9-13/h2-6,9-12,19H,7-8,28H2,1H3,(H,30,34)(H,31,35)(H,29,32,33,36)/t19-/m1/s1. The summed E-state index contributed by atoms with van der Waals surface area (Å²) in [5, 5.41) is 6.68. The minimum atomic E-state index is -0.724. The molecule has 5 N–H and O–H groups in total. The molecule has 0 radical (unpaired) electrons. The van der Waals surface area contributed by atoms with Crippen molar-refractivity contribution in [2.75, 3.05) is 19.0 Å². The maximum absolute atomic E-state index is 13.0. The molecule has 1 atom stereocenters. The van der Waals surface area contributed by atoms with E-state index in [4.69, 9.17) is 33.7 Å². The van der Waals surface area contributed by atoms with E-state index in [0.29, 0.717) is 23.4 Å². The van der Waals surface area contributed by atoms with Crippen LogP contribution in [0, 0.1) is 0 Å². The van der Waals surface area contributed by atoms with Gasteiger partial charge in [-0.05, 0) is 54.9 Å². The van der Waals surface area contributed by atoms with Gasteiger partial charge in [-0.15, -0.1) is 0 Å². The Morgan fingerprint density at radius 2 is 1.95 bits per heavy atom. The molecule has 190 valence electrons. The van der Waals surface area contributed by atoms with Crippen molar-refractivity contribution in [3.63, 3.8) is 0 Å². The Kier molecular flexibility index (Phi) is 8.02. The van der Waals surface area contributed by atoms with E-state index in [9.17, 15) is 14.4 Å². The van der Waals surface area contributed by atoms with Crippen molar-refractivity contribution in [2.24, 2.45) is 5.73 Å². The molecule has 37 heavy (non-hydrogen) atoms. The van der Waals surface area contributed by atoms with Crippen molar-refractivity contribution in [3.8, 4) is 6.01 Å². The average Bonchev–Trinajstić information content (AvgIpc) is 2.88. The van der Waals surface area contributed by atoms with Gasteiger partial charge in [0.1, 0.15) is 11.2 Å². The normalized spacial score (nSPS) is 11.7. The van der Waals surface area contributed by atoms with Crippen LogP contribution >= 0.6 is 23.2 Å². The molecule has 2 amide bonds. The lowest BCUT2D eigenvalue weighted by Crippen LogP contribution is -2.30. The summed E-state index contributed by atoms with van der Waals surface area (Å²) < 4.78 is 4.95. The summed E-state index contributed by atoms with van der Waals surface area (Å²) >= 11 is 12.4. The van der Waals surface area contributed by atoms with E-state index in [1.54, 1.807) is 18.2 Å². The van der Waals surface area contributed by atoms with E-state index in [0.717, 1.165) is 5.56 Å². The van der Waals surface area contributed by atoms with Gasteiger partial charge in [0.25, 0.3) is 17.4 Å². The predicted octanol–water partition coefficient (Wildman–Crippen LogP) is 3.71. The number of nitrogens with one attached hydrogen (secondary N) is 3. The molecule has 0 fully saturated rings. The van der Waals surface area contributed by atoms with Gasteiger partial charge >= 0.3 is 6.01 Å². The fourth-order valence-electron chi connectivity index (χ4n) is 3.65. The van der Waals surface area contributed by atoms with E-state index in [1.807, 2.05) is 6.07 Å². The molecule has 0 unspecified atom stereocenters. The Bertz CT molecular complexity index is 1540. The SMILES string of the molecule is COc1ncc2cc(C(=O)Nc3cc(C(=O)N[C@H](CCN)c4cccc(Cl)c4)ccc3Cl)c(=O)[nH]c2n1. The lowest BCUT2D eigenvalue weighted by atomic mass is 10.0. The fourth-order valence-corrected chi connectivity index (χ4v) is 4.01. The number of amides is 2. The second-order valence-electron chi connectivity index (χ2n) is 7.98. The van der Waals surface area contributed by atoms with Crippen molar-refractivity contribution < 1.29 is 14.3 Å². The zero-order chi connectivity index (χ0) is 26.5. The molecule has 0 spiro atoms. The fraction of sp³-hybridized carbons (Fsp3) is 0.160. The Labute approximate surface area is 221 Å². The number of rotatable bonds is 8. The Morgan fingerprint density at radius 1 is 1.14 bits per heavy atom. The first-order valence-electron chi connectivity index (χ1n) is 11.1. The number of aromatic nitrogens is 3. The number of ether oxygens (including phenoxy) is 1. The van der Waals surface area contributed by atoms with Gasteiger partial charge in [-0.25, -0.2) is 4.98 Å². The molecule has 0 saturated carbocycles. The number of carbonyl (C=O) groups excluding carboxylic acids is 2. The first-order chi connectivity index (χ1) is 17.8. The largest absolute Gasteiger partial charge is 0.467 e. The number of nitrogens with zero attached hydrogens (tertiary/aromatic N) is 2. The minimum Gasteiger partial charge on any atom is -0.467 e. The number of anilines is 1. The quantitative estimate of drug-likeness (QED) is 0.265. The third kappa shape index (κ3) is 6.05. The van der Waals surface area contributed by atoms with Gasteiger partial charge in [-0.3, -0.25) is 14.4 Å². The second kappa shape index (κ2) is 11.4. The number of halogens is 2. The van der Waals surface area contributed by atoms with Crippen molar-refractivity contribution >= 4 is 51.7 Å². The summed E-state index contributed by atoms with van der Waals surface area (Å²) in [4.78, 5) is 49.1. The van der Waals surface area contributed by atoms with Gasteiger partial charge < -0.3 is 26.1 Å². The molecular formula is C25H22Cl2N6O4. The maximum Gasteiger partial charge on any atom is 0.318 e. The Hall–Kier alpha value is -3.99. The van der Waals surface area contributed by atoms with Crippen LogP contribution in [0.3, 0.4) is 0 Å². The van der Waals surface area contributed by atoms with E-state index < -0.39 is 17.4 Å². The second-order valence-corrected chi connectivity index (χ2v) is 8.82. The number of H-pyrrole nitrogens is 1. The number of hydrogen-bond donors (Lipinski definition) is 4. The van der Waals surface area contributed by atoms with Crippen molar-refractivity contribution in [2.45, 2.75) is 12.5 Å². The maximum atomic E-state index is 13.0. The highest BCUT2D eigenvalue weighted by atomic mass is 35.5. The van der Waals surface area contributed by atoms with Crippen LogP contribution in [0.2, 0.25) is 10.0 Å². The molecule has 0 saturated heterocycles. The van der Waals surface area contributed by atoms with Crippen LogP contribution in [-0.2, 0) is 0 Å². The molecular weight excluding hydrogens is 519 g/mol. The zero-order valence-electron chi connectivity index (χ0n) is 19.5. The lowest BCUT2D eigenvalue weighted by Gasteiger charge is -2.19. The monoisotopic (exact) mass is 540 g/mol.